The number of pyridine rings is 1. The summed E-state index contributed by atoms with van der Waals surface area (Å²) in [6, 6.07) is 4.05. The van der Waals surface area contributed by atoms with Gasteiger partial charge in [0.15, 0.2) is 5.96 Å². The molecule has 0 saturated carbocycles. The number of aliphatic imine (C=N–C) groups is 1. The molecular weight excluding hydrogens is 529 g/mol. The van der Waals surface area contributed by atoms with Crippen molar-refractivity contribution in [3.63, 3.8) is 0 Å². The number of anilines is 1. The molecule has 1 aromatic rings. The van der Waals surface area contributed by atoms with E-state index in [1.807, 2.05) is 12.3 Å². The predicted octanol–water partition coefficient (Wildman–Crippen LogP) is 2.72. The third-order valence-corrected chi connectivity index (χ3v) is 6.72. The molecule has 1 aromatic heterocycles. The predicted molar refractivity (Wildman–Crippen MR) is 146 cm³/mol. The molecule has 4 N–H and O–H groups in total. The molecule has 2 aliphatic rings. The highest BCUT2D eigenvalue weighted by molar-refractivity contribution is 14.0. The SMILES string of the molecule is CCNC(=NCc1cccnc1N1CCC(C(N)=O)CC1)NCC(C)(C)N1CCCCC1.I. The number of amides is 1. The maximum absolute atomic E-state index is 11.5. The van der Waals surface area contributed by atoms with E-state index in [1.165, 1.54) is 32.4 Å². The van der Waals surface area contributed by atoms with Crippen molar-refractivity contribution in [1.29, 1.82) is 0 Å². The summed E-state index contributed by atoms with van der Waals surface area (Å²) < 4.78 is 0. The van der Waals surface area contributed by atoms with E-state index in [0.717, 1.165) is 56.4 Å². The number of nitrogens with two attached hydrogens (primary N) is 1. The minimum absolute atomic E-state index is 0. The number of nitrogens with zero attached hydrogens (tertiary/aromatic N) is 4. The number of hydrogen-bond donors (Lipinski definition) is 3. The van der Waals surface area contributed by atoms with Gasteiger partial charge in [-0.1, -0.05) is 12.5 Å². The molecule has 2 fully saturated rings. The number of guanidine groups is 1. The molecule has 0 radical (unpaired) electrons. The van der Waals surface area contributed by atoms with Crippen LogP contribution in [0.1, 0.15) is 58.4 Å². The van der Waals surface area contributed by atoms with Crippen LogP contribution in [0, 0.1) is 5.92 Å². The highest BCUT2D eigenvalue weighted by Gasteiger charge is 2.28. The zero-order chi connectivity index (χ0) is 23.0. The lowest BCUT2D eigenvalue weighted by molar-refractivity contribution is -0.122. The standard InChI is InChI=1S/C24H41N7O.HI/c1-4-26-23(29-18-24(2,3)31-13-6-5-7-14-31)28-17-20-9-8-12-27-22(20)30-15-10-19(11-16-30)21(25)32;/h8-9,12,19H,4-7,10-11,13-18H2,1-3H3,(H2,25,32)(H2,26,28,29);1H. The largest absolute Gasteiger partial charge is 0.369 e. The average molecular weight is 572 g/mol. The van der Waals surface area contributed by atoms with Gasteiger partial charge in [-0.15, -0.1) is 24.0 Å². The zero-order valence-electron chi connectivity index (χ0n) is 20.5. The molecule has 2 saturated heterocycles. The molecule has 0 aromatic carbocycles. The summed E-state index contributed by atoms with van der Waals surface area (Å²) in [5.41, 5.74) is 6.67. The van der Waals surface area contributed by atoms with Crippen LogP contribution in [0.5, 0.6) is 0 Å². The van der Waals surface area contributed by atoms with Gasteiger partial charge in [-0.3, -0.25) is 9.69 Å². The Bertz CT molecular complexity index is 772. The van der Waals surface area contributed by atoms with Gasteiger partial charge in [0.25, 0.3) is 0 Å². The Morgan fingerprint density at radius 3 is 2.52 bits per heavy atom. The Morgan fingerprint density at radius 2 is 1.88 bits per heavy atom. The summed E-state index contributed by atoms with van der Waals surface area (Å²) in [6.07, 6.45) is 7.32. The number of halogens is 1. The third kappa shape index (κ3) is 7.98. The minimum atomic E-state index is -0.190. The van der Waals surface area contributed by atoms with E-state index in [2.05, 4.69) is 52.3 Å². The van der Waals surface area contributed by atoms with Gasteiger partial charge < -0.3 is 21.3 Å². The van der Waals surface area contributed by atoms with Crippen LogP contribution in [0.25, 0.3) is 0 Å². The Kier molecular flexibility index (Phi) is 11.1. The van der Waals surface area contributed by atoms with Gasteiger partial charge in [0.1, 0.15) is 5.82 Å². The number of aromatic nitrogens is 1. The van der Waals surface area contributed by atoms with Crippen LogP contribution < -0.4 is 21.3 Å². The van der Waals surface area contributed by atoms with Crippen molar-refractivity contribution in [2.24, 2.45) is 16.6 Å². The third-order valence-electron chi connectivity index (χ3n) is 6.72. The number of likely N-dealkylation sites (tertiary alicyclic amines) is 1. The van der Waals surface area contributed by atoms with Gasteiger partial charge >= 0.3 is 0 Å². The molecule has 2 aliphatic heterocycles. The van der Waals surface area contributed by atoms with Crippen LogP contribution in [0.3, 0.4) is 0 Å². The van der Waals surface area contributed by atoms with Crippen LogP contribution in [0.4, 0.5) is 5.82 Å². The van der Waals surface area contributed by atoms with Crippen molar-refractivity contribution in [3.8, 4) is 0 Å². The first-order valence-corrected chi connectivity index (χ1v) is 12.2. The highest BCUT2D eigenvalue weighted by Crippen LogP contribution is 2.25. The Labute approximate surface area is 216 Å². The summed E-state index contributed by atoms with van der Waals surface area (Å²) in [6.45, 7) is 12.9. The Morgan fingerprint density at radius 1 is 1.18 bits per heavy atom. The van der Waals surface area contributed by atoms with Crippen molar-refractivity contribution < 1.29 is 4.79 Å². The zero-order valence-corrected chi connectivity index (χ0v) is 22.8. The second-order valence-electron chi connectivity index (χ2n) is 9.56. The van der Waals surface area contributed by atoms with Gasteiger partial charge in [-0.05, 0) is 65.6 Å². The molecule has 8 nitrogen and oxygen atoms in total. The quantitative estimate of drug-likeness (QED) is 0.252. The monoisotopic (exact) mass is 571 g/mol. The normalized spacial score (nSPS) is 18.5. The molecule has 3 heterocycles. The van der Waals surface area contributed by atoms with Gasteiger partial charge in [0.2, 0.25) is 5.91 Å². The summed E-state index contributed by atoms with van der Waals surface area (Å²) in [7, 11) is 0. The number of hydrogen-bond acceptors (Lipinski definition) is 5. The van der Waals surface area contributed by atoms with E-state index in [4.69, 9.17) is 10.7 Å². The van der Waals surface area contributed by atoms with Gasteiger partial charge in [0, 0.05) is 49.4 Å². The average Bonchev–Trinajstić information content (AvgIpc) is 2.82. The molecule has 0 aliphatic carbocycles. The lowest BCUT2D eigenvalue weighted by Gasteiger charge is -2.41. The van der Waals surface area contributed by atoms with Crippen molar-refractivity contribution in [2.75, 3.05) is 44.2 Å². The van der Waals surface area contributed by atoms with Crippen LogP contribution in [0.2, 0.25) is 0 Å². The first-order chi connectivity index (χ1) is 15.4. The summed E-state index contributed by atoms with van der Waals surface area (Å²) in [4.78, 5) is 25.8. The molecule has 0 unspecified atom stereocenters. The molecule has 3 rings (SSSR count). The molecule has 0 bridgehead atoms. The van der Waals surface area contributed by atoms with E-state index in [1.54, 1.807) is 0 Å². The van der Waals surface area contributed by atoms with Crippen molar-refractivity contribution in [1.82, 2.24) is 20.5 Å². The second kappa shape index (κ2) is 13.3. The molecule has 186 valence electrons. The lowest BCUT2D eigenvalue weighted by Crippen LogP contribution is -2.54. The van der Waals surface area contributed by atoms with Gasteiger partial charge in [0.05, 0.1) is 6.54 Å². The van der Waals surface area contributed by atoms with Gasteiger partial charge in [-0.2, -0.15) is 0 Å². The molecule has 1 amide bonds. The fourth-order valence-electron chi connectivity index (χ4n) is 4.63. The maximum atomic E-state index is 11.5. The number of primary amides is 1. The first kappa shape index (κ1) is 27.6. The lowest BCUT2D eigenvalue weighted by atomic mass is 9.96. The Balaban J connectivity index is 0.00000385. The first-order valence-electron chi connectivity index (χ1n) is 12.2. The van der Waals surface area contributed by atoms with E-state index in [9.17, 15) is 4.79 Å². The van der Waals surface area contributed by atoms with Crippen LogP contribution in [-0.4, -0.2) is 66.6 Å². The summed E-state index contributed by atoms with van der Waals surface area (Å²) in [5.74, 6) is 1.58. The number of carbonyl (C=O) groups is 1. The second-order valence-corrected chi connectivity index (χ2v) is 9.56. The number of piperidine rings is 2. The molecule has 33 heavy (non-hydrogen) atoms. The van der Waals surface area contributed by atoms with Crippen molar-refractivity contribution >= 4 is 41.7 Å². The number of rotatable bonds is 8. The fourth-order valence-corrected chi connectivity index (χ4v) is 4.63. The van der Waals surface area contributed by atoms with E-state index < -0.39 is 0 Å². The van der Waals surface area contributed by atoms with E-state index in [0.29, 0.717) is 6.54 Å². The van der Waals surface area contributed by atoms with Crippen molar-refractivity contribution in [2.45, 2.75) is 65.0 Å². The van der Waals surface area contributed by atoms with Crippen molar-refractivity contribution in [3.05, 3.63) is 23.9 Å². The van der Waals surface area contributed by atoms with E-state index >= 15 is 0 Å². The van der Waals surface area contributed by atoms with Crippen LogP contribution in [0.15, 0.2) is 23.3 Å². The maximum Gasteiger partial charge on any atom is 0.220 e. The fraction of sp³-hybridized carbons (Fsp3) is 0.708. The number of carbonyl (C=O) groups excluding carboxylic acids is 1. The molecule has 9 heteroatoms. The highest BCUT2D eigenvalue weighted by atomic mass is 127. The molecular formula is C24H42IN7O. The summed E-state index contributed by atoms with van der Waals surface area (Å²) >= 11 is 0. The summed E-state index contributed by atoms with van der Waals surface area (Å²) in [5, 5.41) is 6.94. The minimum Gasteiger partial charge on any atom is -0.369 e. The number of nitrogens with one attached hydrogen (secondary N) is 2. The topological polar surface area (TPSA) is 98.9 Å². The Hall–Kier alpha value is -1.62. The smallest absolute Gasteiger partial charge is 0.220 e. The van der Waals surface area contributed by atoms with Gasteiger partial charge in [-0.25, -0.2) is 9.98 Å². The van der Waals surface area contributed by atoms with Crippen LogP contribution in [-0.2, 0) is 11.3 Å². The van der Waals surface area contributed by atoms with E-state index in [-0.39, 0.29) is 41.3 Å². The van der Waals surface area contributed by atoms with Crippen LogP contribution >= 0.6 is 24.0 Å². The molecule has 0 spiro atoms. The molecule has 0 atom stereocenters.